The van der Waals surface area contributed by atoms with Crippen molar-refractivity contribution in [3.63, 3.8) is 0 Å². The predicted molar refractivity (Wildman–Crippen MR) is 73.2 cm³/mol. The summed E-state index contributed by atoms with van der Waals surface area (Å²) in [5.41, 5.74) is 2.90. The average molecular weight is 261 g/mol. The number of carboxylic acid groups (broad SMARTS) is 1. The predicted octanol–water partition coefficient (Wildman–Crippen LogP) is 2.52. The molecule has 1 amide bonds. The number of anilines is 1. The van der Waals surface area contributed by atoms with Gasteiger partial charge in [0.2, 0.25) is 5.91 Å². The summed E-state index contributed by atoms with van der Waals surface area (Å²) in [6.07, 6.45) is 1.83. The zero-order chi connectivity index (χ0) is 14.0. The molecule has 1 aromatic rings. The number of carboxylic acids is 1. The number of carbonyl (C=O) groups is 2. The van der Waals surface area contributed by atoms with Gasteiger partial charge in [-0.05, 0) is 37.8 Å². The Morgan fingerprint density at radius 3 is 2.32 bits per heavy atom. The maximum absolute atomic E-state index is 12.4. The van der Waals surface area contributed by atoms with Crippen LogP contribution in [0, 0.1) is 19.8 Å². The van der Waals surface area contributed by atoms with Crippen LogP contribution in [0.15, 0.2) is 18.2 Å². The van der Waals surface area contributed by atoms with Crippen LogP contribution in [0.3, 0.4) is 0 Å². The van der Waals surface area contributed by atoms with Gasteiger partial charge in [0.1, 0.15) is 0 Å². The first-order valence-electron chi connectivity index (χ1n) is 6.60. The minimum absolute atomic E-state index is 0.0216. The summed E-state index contributed by atoms with van der Waals surface area (Å²) in [4.78, 5) is 24.8. The number of benzene rings is 1. The second-order valence-corrected chi connectivity index (χ2v) is 5.15. The van der Waals surface area contributed by atoms with E-state index >= 15 is 0 Å². The average Bonchev–Trinajstić information content (AvgIpc) is 3.15. The molecule has 0 aliphatic heterocycles. The molecule has 1 N–H and O–H groups in total. The van der Waals surface area contributed by atoms with Crippen LogP contribution in [-0.2, 0) is 9.59 Å². The lowest BCUT2D eigenvalue weighted by Gasteiger charge is -2.26. The number of nitrogens with zero attached hydrogens (tertiary/aromatic N) is 1. The Balaban J connectivity index is 2.30. The highest BCUT2D eigenvalue weighted by atomic mass is 16.4. The van der Waals surface area contributed by atoms with Crippen molar-refractivity contribution in [3.05, 3.63) is 29.3 Å². The molecule has 1 saturated carbocycles. The number of aryl methyl sites for hydroxylation is 2. The highest BCUT2D eigenvalue weighted by Crippen LogP contribution is 2.34. The molecule has 19 heavy (non-hydrogen) atoms. The maximum Gasteiger partial charge on any atom is 0.305 e. The fourth-order valence-corrected chi connectivity index (χ4v) is 2.32. The van der Waals surface area contributed by atoms with E-state index in [1.807, 2.05) is 32.0 Å². The Hall–Kier alpha value is -1.84. The SMILES string of the molecule is Cc1cccc(C)c1N(CCC(=O)O)C(=O)C1CC1. The monoisotopic (exact) mass is 261 g/mol. The zero-order valence-corrected chi connectivity index (χ0v) is 11.3. The number of rotatable bonds is 5. The smallest absolute Gasteiger partial charge is 0.305 e. The van der Waals surface area contributed by atoms with Gasteiger partial charge in [0.15, 0.2) is 0 Å². The fourth-order valence-electron chi connectivity index (χ4n) is 2.32. The highest BCUT2D eigenvalue weighted by Gasteiger charge is 2.34. The first-order chi connectivity index (χ1) is 9.00. The topological polar surface area (TPSA) is 57.6 Å². The quantitative estimate of drug-likeness (QED) is 0.886. The molecule has 1 aliphatic carbocycles. The van der Waals surface area contributed by atoms with Crippen molar-refractivity contribution >= 4 is 17.6 Å². The van der Waals surface area contributed by atoms with Crippen LogP contribution in [-0.4, -0.2) is 23.5 Å². The summed E-state index contributed by atoms with van der Waals surface area (Å²) >= 11 is 0. The summed E-state index contributed by atoms with van der Waals surface area (Å²) in [6, 6.07) is 5.86. The minimum Gasteiger partial charge on any atom is -0.481 e. The first kappa shape index (κ1) is 13.6. The van der Waals surface area contributed by atoms with Crippen molar-refractivity contribution in [2.24, 2.45) is 5.92 Å². The molecule has 0 bridgehead atoms. The Morgan fingerprint density at radius 2 is 1.84 bits per heavy atom. The molecule has 4 heteroatoms. The molecule has 0 unspecified atom stereocenters. The maximum atomic E-state index is 12.4. The summed E-state index contributed by atoms with van der Waals surface area (Å²) in [5.74, 6) is -0.716. The van der Waals surface area contributed by atoms with E-state index in [4.69, 9.17) is 5.11 Å². The Kier molecular flexibility index (Phi) is 3.88. The molecule has 1 fully saturated rings. The van der Waals surface area contributed by atoms with Gasteiger partial charge in [0.05, 0.1) is 6.42 Å². The van der Waals surface area contributed by atoms with Crippen LogP contribution in [0.1, 0.15) is 30.4 Å². The van der Waals surface area contributed by atoms with Crippen LogP contribution in [0.2, 0.25) is 0 Å². The van der Waals surface area contributed by atoms with Crippen LogP contribution < -0.4 is 4.90 Å². The minimum atomic E-state index is -0.875. The number of amides is 1. The van der Waals surface area contributed by atoms with Gasteiger partial charge in [-0.2, -0.15) is 0 Å². The van der Waals surface area contributed by atoms with E-state index in [2.05, 4.69) is 0 Å². The lowest BCUT2D eigenvalue weighted by molar-refractivity contribution is -0.136. The third-order valence-corrected chi connectivity index (χ3v) is 3.45. The number of hydrogen-bond donors (Lipinski definition) is 1. The van der Waals surface area contributed by atoms with Crippen molar-refractivity contribution in [2.45, 2.75) is 33.1 Å². The van der Waals surface area contributed by atoms with Crippen LogP contribution in [0.25, 0.3) is 0 Å². The highest BCUT2D eigenvalue weighted by molar-refractivity contribution is 5.98. The van der Waals surface area contributed by atoms with Gasteiger partial charge in [-0.1, -0.05) is 18.2 Å². The zero-order valence-electron chi connectivity index (χ0n) is 11.3. The summed E-state index contributed by atoms with van der Waals surface area (Å²) in [5, 5.41) is 8.85. The van der Waals surface area contributed by atoms with Gasteiger partial charge >= 0.3 is 5.97 Å². The molecule has 0 heterocycles. The molecular formula is C15H19NO3. The van der Waals surface area contributed by atoms with Gasteiger partial charge in [-0.3, -0.25) is 9.59 Å². The van der Waals surface area contributed by atoms with Gasteiger partial charge in [-0.15, -0.1) is 0 Å². The summed E-state index contributed by atoms with van der Waals surface area (Å²) < 4.78 is 0. The molecule has 0 aromatic heterocycles. The van der Waals surface area contributed by atoms with Crippen molar-refractivity contribution in [1.29, 1.82) is 0 Å². The Bertz CT molecular complexity index is 486. The van der Waals surface area contributed by atoms with Crippen molar-refractivity contribution in [3.8, 4) is 0 Å². The van der Waals surface area contributed by atoms with E-state index in [1.54, 1.807) is 4.90 Å². The molecule has 1 aliphatic rings. The van der Waals surface area contributed by atoms with Crippen LogP contribution in [0.4, 0.5) is 5.69 Å². The Labute approximate surface area is 113 Å². The number of hydrogen-bond acceptors (Lipinski definition) is 2. The molecule has 1 aromatic carbocycles. The number of aliphatic carboxylic acids is 1. The second-order valence-electron chi connectivity index (χ2n) is 5.15. The van der Waals surface area contributed by atoms with Gasteiger partial charge in [-0.25, -0.2) is 0 Å². The van der Waals surface area contributed by atoms with Gasteiger partial charge in [0, 0.05) is 18.2 Å². The third-order valence-electron chi connectivity index (χ3n) is 3.45. The molecule has 0 atom stereocenters. The Morgan fingerprint density at radius 1 is 1.26 bits per heavy atom. The molecule has 2 rings (SSSR count). The molecule has 0 saturated heterocycles. The summed E-state index contributed by atoms with van der Waals surface area (Å²) in [6.45, 7) is 4.16. The fraction of sp³-hybridized carbons (Fsp3) is 0.467. The van der Waals surface area contributed by atoms with E-state index in [1.165, 1.54) is 0 Å². The van der Waals surface area contributed by atoms with Crippen LogP contribution in [0.5, 0.6) is 0 Å². The second kappa shape index (κ2) is 5.43. The molecule has 102 valence electrons. The van der Waals surface area contributed by atoms with E-state index < -0.39 is 5.97 Å². The van der Waals surface area contributed by atoms with Crippen LogP contribution >= 0.6 is 0 Å². The molecule has 0 radical (unpaired) electrons. The largest absolute Gasteiger partial charge is 0.481 e. The molecular weight excluding hydrogens is 242 g/mol. The van der Waals surface area contributed by atoms with Crippen molar-refractivity contribution in [1.82, 2.24) is 0 Å². The number of para-hydroxylation sites is 1. The first-order valence-corrected chi connectivity index (χ1v) is 6.60. The number of carbonyl (C=O) groups excluding carboxylic acids is 1. The van der Waals surface area contributed by atoms with Crippen molar-refractivity contribution in [2.75, 3.05) is 11.4 Å². The standard InChI is InChI=1S/C15H19NO3/c1-10-4-3-5-11(2)14(10)16(9-8-13(17)18)15(19)12-6-7-12/h3-5,12H,6-9H2,1-2H3,(H,17,18). The van der Waals surface area contributed by atoms with E-state index in [-0.39, 0.29) is 24.8 Å². The lowest BCUT2D eigenvalue weighted by atomic mass is 10.1. The molecule has 0 spiro atoms. The van der Waals surface area contributed by atoms with Crippen molar-refractivity contribution < 1.29 is 14.7 Å². The van der Waals surface area contributed by atoms with E-state index in [0.717, 1.165) is 29.7 Å². The van der Waals surface area contributed by atoms with E-state index in [0.29, 0.717) is 0 Å². The van der Waals surface area contributed by atoms with E-state index in [9.17, 15) is 9.59 Å². The van der Waals surface area contributed by atoms with Gasteiger partial charge in [0.25, 0.3) is 0 Å². The molecule has 4 nitrogen and oxygen atoms in total. The summed E-state index contributed by atoms with van der Waals surface area (Å²) in [7, 11) is 0. The third kappa shape index (κ3) is 3.13. The normalized spacial score (nSPS) is 14.2. The lowest BCUT2D eigenvalue weighted by Crippen LogP contribution is -2.35. The van der Waals surface area contributed by atoms with Gasteiger partial charge < -0.3 is 10.0 Å².